The number of amides is 1. The van der Waals surface area contributed by atoms with Gasteiger partial charge in [0.25, 0.3) is 0 Å². The summed E-state index contributed by atoms with van der Waals surface area (Å²) in [4.78, 5) is 45.3. The van der Waals surface area contributed by atoms with E-state index < -0.39 is 57.6 Å². The van der Waals surface area contributed by atoms with Gasteiger partial charge in [0.05, 0.1) is 13.2 Å². The number of nitrogens with one attached hydrogen (secondary N) is 1. The molecule has 0 saturated heterocycles. The number of aliphatic carboxylic acids is 1. The van der Waals surface area contributed by atoms with Gasteiger partial charge in [0.2, 0.25) is 5.91 Å². The predicted octanol–water partition coefficient (Wildman–Crippen LogP) is 7.38. The molecule has 0 saturated carbocycles. The highest BCUT2D eigenvalue weighted by Gasteiger charge is 2.28. The zero-order valence-corrected chi connectivity index (χ0v) is 28.8. The van der Waals surface area contributed by atoms with Crippen molar-refractivity contribution in [3.8, 4) is 0 Å². The highest BCUT2D eigenvalue weighted by molar-refractivity contribution is 7.47. The highest BCUT2D eigenvalue weighted by Crippen LogP contribution is 2.43. The van der Waals surface area contributed by atoms with Crippen LogP contribution in [0.1, 0.15) is 149 Å². The van der Waals surface area contributed by atoms with Crippen molar-refractivity contribution in [1.82, 2.24) is 5.32 Å². The lowest BCUT2D eigenvalue weighted by Gasteiger charge is -2.18. The number of esters is 1. The van der Waals surface area contributed by atoms with Crippen molar-refractivity contribution in [3.63, 3.8) is 0 Å². The van der Waals surface area contributed by atoms with Crippen molar-refractivity contribution in [2.24, 2.45) is 0 Å². The number of aliphatic hydroxyl groups is 1. The average molecular weight is 664 g/mol. The fourth-order valence-electron chi connectivity index (χ4n) is 4.54. The lowest BCUT2D eigenvalue weighted by Crippen LogP contribution is -2.43. The number of hydrogen-bond donors (Lipinski definition) is 4. The van der Waals surface area contributed by atoms with Gasteiger partial charge in [-0.1, -0.05) is 109 Å². The number of rotatable bonds is 32. The van der Waals surface area contributed by atoms with Gasteiger partial charge in [-0.05, 0) is 38.5 Å². The van der Waals surface area contributed by atoms with Crippen molar-refractivity contribution in [1.29, 1.82) is 0 Å². The summed E-state index contributed by atoms with van der Waals surface area (Å²) >= 11 is 0. The molecule has 12 heteroatoms. The summed E-state index contributed by atoms with van der Waals surface area (Å²) in [5.74, 6) is -2.39. The van der Waals surface area contributed by atoms with E-state index in [0.29, 0.717) is 12.8 Å². The van der Waals surface area contributed by atoms with Crippen LogP contribution in [0.2, 0.25) is 0 Å². The molecule has 0 bridgehead atoms. The van der Waals surface area contributed by atoms with Gasteiger partial charge >= 0.3 is 19.8 Å². The Labute approximate surface area is 271 Å². The number of carbonyl (C=O) groups excluding carboxylic acids is 2. The van der Waals surface area contributed by atoms with Crippen LogP contribution in [0.15, 0.2) is 12.2 Å². The zero-order chi connectivity index (χ0) is 33.6. The van der Waals surface area contributed by atoms with E-state index in [1.807, 2.05) is 0 Å². The molecule has 0 aromatic rings. The number of allylic oxidation sites excluding steroid dienone is 2. The van der Waals surface area contributed by atoms with E-state index in [2.05, 4.69) is 31.3 Å². The van der Waals surface area contributed by atoms with Crippen molar-refractivity contribution in [3.05, 3.63) is 12.2 Å². The average Bonchev–Trinajstić information content (AvgIpc) is 3.00. The maximum absolute atomic E-state index is 12.1. The summed E-state index contributed by atoms with van der Waals surface area (Å²) in [5, 5.41) is 21.6. The third-order valence-electron chi connectivity index (χ3n) is 7.30. The Morgan fingerprint density at radius 2 is 1.16 bits per heavy atom. The molecule has 0 aliphatic heterocycles. The predicted molar refractivity (Wildman–Crippen MR) is 176 cm³/mol. The van der Waals surface area contributed by atoms with Gasteiger partial charge in [-0.2, -0.15) is 0 Å². The molecular formula is C33H62NO10P. The first kappa shape index (κ1) is 43.2. The molecule has 0 aliphatic rings. The number of phosphoric ester groups is 1. The summed E-state index contributed by atoms with van der Waals surface area (Å²) in [6.45, 7) is 2.47. The molecule has 264 valence electrons. The molecule has 45 heavy (non-hydrogen) atoms. The monoisotopic (exact) mass is 663 g/mol. The van der Waals surface area contributed by atoms with E-state index in [9.17, 15) is 34.1 Å². The van der Waals surface area contributed by atoms with E-state index in [-0.39, 0.29) is 12.8 Å². The first-order chi connectivity index (χ1) is 21.6. The Hall–Kier alpha value is -1.78. The molecule has 0 heterocycles. The molecule has 11 nitrogen and oxygen atoms in total. The van der Waals surface area contributed by atoms with Gasteiger partial charge in [0.15, 0.2) is 6.04 Å². The number of carbonyl (C=O) groups is 3. The maximum Gasteiger partial charge on any atom is 0.472 e. The molecular weight excluding hydrogens is 601 g/mol. The van der Waals surface area contributed by atoms with Crippen molar-refractivity contribution >= 4 is 25.7 Å². The van der Waals surface area contributed by atoms with Crippen LogP contribution in [0, 0.1) is 0 Å². The summed E-state index contributed by atoms with van der Waals surface area (Å²) in [5.41, 5.74) is 0. The fraction of sp³-hybridized carbons (Fsp3) is 0.848. The molecule has 0 fully saturated rings. The first-order valence-corrected chi connectivity index (χ1v) is 18.7. The van der Waals surface area contributed by atoms with Gasteiger partial charge in [0.1, 0.15) is 12.7 Å². The molecule has 0 aromatic heterocycles. The topological polar surface area (TPSA) is 169 Å². The van der Waals surface area contributed by atoms with Crippen LogP contribution in [0.5, 0.6) is 0 Å². The summed E-state index contributed by atoms with van der Waals surface area (Å²) in [7, 11) is -4.73. The number of phosphoric acid groups is 1. The molecule has 1 amide bonds. The second-order valence-corrected chi connectivity index (χ2v) is 13.2. The van der Waals surface area contributed by atoms with Crippen LogP contribution in [0.25, 0.3) is 0 Å². The quantitative estimate of drug-likeness (QED) is 0.0247. The highest BCUT2D eigenvalue weighted by atomic mass is 31.2. The minimum Gasteiger partial charge on any atom is -0.480 e. The molecule has 0 aliphatic carbocycles. The van der Waals surface area contributed by atoms with E-state index in [0.717, 1.165) is 70.6 Å². The van der Waals surface area contributed by atoms with Gasteiger partial charge in [0, 0.05) is 12.8 Å². The third-order valence-corrected chi connectivity index (χ3v) is 8.26. The smallest absolute Gasteiger partial charge is 0.472 e. The minimum atomic E-state index is -4.73. The Kier molecular flexibility index (Phi) is 28.4. The maximum atomic E-state index is 12.1. The molecule has 0 spiro atoms. The second kappa shape index (κ2) is 29.6. The molecule has 0 rings (SSSR count). The Morgan fingerprint density at radius 1 is 0.689 bits per heavy atom. The SMILES string of the molecule is CCCCCCC/C=C\CCCCCCCC(=O)OCC(O)COP(=O)(O)OCC(NC(=O)CCCCCCCCC)C(=O)O. The largest absolute Gasteiger partial charge is 0.480 e. The fourth-order valence-corrected chi connectivity index (χ4v) is 5.32. The normalized spacial score (nSPS) is 14.2. The number of aliphatic hydroxyl groups excluding tert-OH is 1. The van der Waals surface area contributed by atoms with Gasteiger partial charge in [-0.25, -0.2) is 9.36 Å². The van der Waals surface area contributed by atoms with Crippen molar-refractivity contribution in [2.45, 2.75) is 161 Å². The van der Waals surface area contributed by atoms with E-state index in [4.69, 9.17) is 13.8 Å². The summed E-state index contributed by atoms with van der Waals surface area (Å²) < 4.78 is 26.6. The van der Waals surface area contributed by atoms with Crippen LogP contribution in [0.4, 0.5) is 0 Å². The van der Waals surface area contributed by atoms with Crippen molar-refractivity contribution < 1.29 is 47.8 Å². The number of ether oxygens (including phenoxy) is 1. The molecule has 4 N–H and O–H groups in total. The summed E-state index contributed by atoms with van der Waals surface area (Å²) in [6, 6.07) is -1.54. The van der Waals surface area contributed by atoms with E-state index in [1.165, 1.54) is 38.5 Å². The van der Waals surface area contributed by atoms with Crippen LogP contribution in [-0.4, -0.2) is 64.9 Å². The number of carboxylic acids is 1. The van der Waals surface area contributed by atoms with E-state index in [1.54, 1.807) is 0 Å². The lowest BCUT2D eigenvalue weighted by molar-refractivity contribution is -0.147. The number of hydrogen-bond acceptors (Lipinski definition) is 8. The summed E-state index contributed by atoms with van der Waals surface area (Å²) in [6.07, 6.45) is 24.2. The Morgan fingerprint density at radius 3 is 1.69 bits per heavy atom. The van der Waals surface area contributed by atoms with Gasteiger partial charge in [-0.3, -0.25) is 18.6 Å². The van der Waals surface area contributed by atoms with Crippen LogP contribution < -0.4 is 5.32 Å². The van der Waals surface area contributed by atoms with E-state index >= 15 is 0 Å². The number of unbranched alkanes of at least 4 members (excludes halogenated alkanes) is 16. The number of carboxylic acid groups (broad SMARTS) is 1. The molecule has 0 radical (unpaired) electrons. The molecule has 0 aromatic carbocycles. The Balaban J connectivity index is 3.97. The molecule has 3 atom stereocenters. The third kappa shape index (κ3) is 29.4. The second-order valence-electron chi connectivity index (χ2n) is 11.7. The van der Waals surface area contributed by atoms with Gasteiger partial charge < -0.3 is 25.2 Å². The molecule has 3 unspecified atom stereocenters. The Bertz CT molecular complexity index is 838. The standard InChI is InChI=1S/C33H62NO10P/c1-3-5-7-9-11-12-13-14-15-16-17-19-21-23-25-32(37)42-26-29(35)27-43-45(40,41)44-28-30(33(38)39)34-31(36)24-22-20-18-10-8-6-4-2/h13-14,29-30,35H,3-12,15-28H2,1-2H3,(H,34,36)(H,38,39)(H,40,41)/b14-13-. The van der Waals surface area contributed by atoms with Gasteiger partial charge in [-0.15, -0.1) is 0 Å². The van der Waals surface area contributed by atoms with Crippen LogP contribution in [-0.2, 0) is 32.7 Å². The zero-order valence-electron chi connectivity index (χ0n) is 27.9. The van der Waals surface area contributed by atoms with Crippen molar-refractivity contribution in [2.75, 3.05) is 19.8 Å². The lowest BCUT2D eigenvalue weighted by atomic mass is 10.1. The minimum absolute atomic E-state index is 0.146. The first-order valence-electron chi connectivity index (χ1n) is 17.2. The van der Waals surface area contributed by atoms with Crippen LogP contribution >= 0.6 is 7.82 Å². The van der Waals surface area contributed by atoms with Crippen LogP contribution in [0.3, 0.4) is 0 Å².